The predicted molar refractivity (Wildman–Crippen MR) is 44.4 cm³/mol. The van der Waals surface area contributed by atoms with Crippen molar-refractivity contribution in [2.45, 2.75) is 6.42 Å². The van der Waals surface area contributed by atoms with Crippen LogP contribution >= 0.6 is 24.8 Å². The third kappa shape index (κ3) is 3.26. The molecular weight excluding hydrogens is 159 g/mol. The molecule has 0 unspecified atom stereocenters. The summed E-state index contributed by atoms with van der Waals surface area (Å²) in [6, 6.07) is 0. The maximum atomic E-state index is 2.31. The lowest BCUT2D eigenvalue weighted by molar-refractivity contribution is -0.0302. The molecule has 0 N–H and O–H groups in total. The van der Waals surface area contributed by atoms with Gasteiger partial charge < -0.3 is 0 Å². The van der Waals surface area contributed by atoms with Gasteiger partial charge in [-0.1, -0.05) is 0 Å². The van der Waals surface area contributed by atoms with Crippen LogP contribution in [0.1, 0.15) is 6.42 Å². The lowest BCUT2D eigenvalue weighted by atomic mass is 10.3. The lowest BCUT2D eigenvalue weighted by Gasteiger charge is -2.36. The monoisotopic (exact) mass is 172 g/mol. The zero-order chi connectivity index (χ0) is 5.28. The van der Waals surface area contributed by atoms with Crippen LogP contribution in [-0.4, -0.2) is 37.2 Å². The van der Waals surface area contributed by atoms with E-state index in [1.165, 1.54) is 19.5 Å². The lowest BCUT2D eigenvalue weighted by Crippen LogP contribution is -2.46. The van der Waals surface area contributed by atoms with Crippen molar-refractivity contribution in [3.05, 3.63) is 0 Å². The van der Waals surface area contributed by atoms with Gasteiger partial charge in [-0.25, -0.2) is 10.0 Å². The molecule has 0 aromatic heterocycles. The van der Waals surface area contributed by atoms with Crippen LogP contribution in [0.2, 0.25) is 0 Å². The largest absolute Gasteiger partial charge is 0.248 e. The number of hydrogen-bond acceptors (Lipinski definition) is 2. The molecule has 9 heavy (non-hydrogen) atoms. The van der Waals surface area contributed by atoms with E-state index in [0.717, 1.165) is 0 Å². The van der Waals surface area contributed by atoms with Crippen LogP contribution in [-0.2, 0) is 0 Å². The average molecular weight is 173 g/mol. The van der Waals surface area contributed by atoms with E-state index in [4.69, 9.17) is 0 Å². The third-order valence-corrected chi connectivity index (χ3v) is 1.40. The van der Waals surface area contributed by atoms with E-state index in [1.54, 1.807) is 0 Å². The third-order valence-electron chi connectivity index (χ3n) is 1.40. The standard InChI is InChI=1S/C5H12N2.2ClH/c1-6(2)7-4-3-5-7;;/h3-5H2,1-2H3;2*1H. The molecular formula is C5H14Cl2N2. The molecule has 1 fully saturated rings. The van der Waals surface area contributed by atoms with E-state index in [2.05, 4.69) is 24.1 Å². The summed E-state index contributed by atoms with van der Waals surface area (Å²) >= 11 is 0. The Hall–Kier alpha value is 0.500. The molecule has 0 saturated carbocycles. The van der Waals surface area contributed by atoms with Crippen molar-refractivity contribution in [1.82, 2.24) is 10.0 Å². The van der Waals surface area contributed by atoms with Crippen LogP contribution in [0.5, 0.6) is 0 Å². The first-order chi connectivity index (χ1) is 3.30. The van der Waals surface area contributed by atoms with Crippen LogP contribution in [0.3, 0.4) is 0 Å². The molecule has 1 aliphatic rings. The highest BCUT2D eigenvalue weighted by atomic mass is 35.5. The minimum absolute atomic E-state index is 0. The second kappa shape index (κ2) is 5.30. The molecule has 1 rings (SSSR count). The highest BCUT2D eigenvalue weighted by Crippen LogP contribution is 2.04. The molecule has 1 saturated heterocycles. The topological polar surface area (TPSA) is 6.48 Å². The Bertz CT molecular complexity index is 64.0. The molecule has 0 aromatic carbocycles. The number of hydrazine groups is 1. The van der Waals surface area contributed by atoms with E-state index in [-0.39, 0.29) is 24.8 Å². The maximum Gasteiger partial charge on any atom is 0.0145 e. The van der Waals surface area contributed by atoms with Gasteiger partial charge in [0.25, 0.3) is 0 Å². The van der Waals surface area contributed by atoms with Gasteiger partial charge >= 0.3 is 0 Å². The smallest absolute Gasteiger partial charge is 0.0145 e. The minimum Gasteiger partial charge on any atom is -0.248 e. The Balaban J connectivity index is 0. The van der Waals surface area contributed by atoms with Crippen molar-refractivity contribution in [3.63, 3.8) is 0 Å². The van der Waals surface area contributed by atoms with E-state index in [1.807, 2.05) is 0 Å². The fourth-order valence-electron chi connectivity index (χ4n) is 0.700. The van der Waals surface area contributed by atoms with Crippen molar-refractivity contribution in [2.75, 3.05) is 27.2 Å². The molecule has 0 atom stereocenters. The van der Waals surface area contributed by atoms with Crippen LogP contribution in [0.4, 0.5) is 0 Å². The molecule has 0 bridgehead atoms. The van der Waals surface area contributed by atoms with Crippen molar-refractivity contribution in [3.8, 4) is 0 Å². The second-order valence-electron chi connectivity index (χ2n) is 2.15. The Morgan fingerprint density at radius 3 is 1.56 bits per heavy atom. The molecule has 0 amide bonds. The zero-order valence-corrected chi connectivity index (χ0v) is 7.47. The van der Waals surface area contributed by atoms with Crippen LogP contribution < -0.4 is 0 Å². The summed E-state index contributed by atoms with van der Waals surface area (Å²) in [6.45, 7) is 2.51. The van der Waals surface area contributed by atoms with E-state index < -0.39 is 0 Å². The number of rotatable bonds is 1. The van der Waals surface area contributed by atoms with Crippen LogP contribution in [0.15, 0.2) is 0 Å². The second-order valence-corrected chi connectivity index (χ2v) is 2.15. The summed E-state index contributed by atoms with van der Waals surface area (Å²) < 4.78 is 0. The quantitative estimate of drug-likeness (QED) is 0.583. The van der Waals surface area contributed by atoms with Crippen LogP contribution in [0.25, 0.3) is 0 Å². The molecule has 58 valence electrons. The van der Waals surface area contributed by atoms with Crippen molar-refractivity contribution in [1.29, 1.82) is 0 Å². The first-order valence-corrected chi connectivity index (χ1v) is 2.73. The zero-order valence-electron chi connectivity index (χ0n) is 5.83. The van der Waals surface area contributed by atoms with Crippen LogP contribution in [0, 0.1) is 0 Å². The van der Waals surface area contributed by atoms with Crippen molar-refractivity contribution < 1.29 is 0 Å². The maximum absolute atomic E-state index is 2.31. The normalized spacial score (nSPS) is 17.7. The summed E-state index contributed by atoms with van der Waals surface area (Å²) in [5.41, 5.74) is 0. The van der Waals surface area contributed by atoms with Gasteiger partial charge in [0.05, 0.1) is 0 Å². The molecule has 1 heterocycles. The van der Waals surface area contributed by atoms with Gasteiger partial charge in [-0.15, -0.1) is 24.8 Å². The van der Waals surface area contributed by atoms with E-state index in [0.29, 0.717) is 0 Å². The Morgan fingerprint density at radius 1 is 1.11 bits per heavy atom. The van der Waals surface area contributed by atoms with Crippen molar-refractivity contribution in [2.24, 2.45) is 0 Å². The molecule has 0 aliphatic carbocycles. The summed E-state index contributed by atoms with van der Waals surface area (Å²) in [7, 11) is 4.16. The molecule has 0 aromatic rings. The molecule has 0 radical (unpaired) electrons. The van der Waals surface area contributed by atoms with E-state index >= 15 is 0 Å². The highest BCUT2D eigenvalue weighted by molar-refractivity contribution is 5.85. The molecule has 0 spiro atoms. The average Bonchev–Trinajstić information content (AvgIpc) is 1.23. The predicted octanol–water partition coefficient (Wildman–Crippen LogP) is 1.01. The highest BCUT2D eigenvalue weighted by Gasteiger charge is 2.14. The SMILES string of the molecule is CN(C)N1CCC1.Cl.Cl. The first kappa shape index (κ1) is 12.2. The summed E-state index contributed by atoms with van der Waals surface area (Å²) in [4.78, 5) is 0. The van der Waals surface area contributed by atoms with Gasteiger partial charge in [0, 0.05) is 27.2 Å². The van der Waals surface area contributed by atoms with Crippen molar-refractivity contribution >= 4 is 24.8 Å². The summed E-state index contributed by atoms with van der Waals surface area (Å²) in [6.07, 6.45) is 1.37. The molecule has 2 nitrogen and oxygen atoms in total. The number of halogens is 2. The summed E-state index contributed by atoms with van der Waals surface area (Å²) in [5.74, 6) is 0. The van der Waals surface area contributed by atoms with Gasteiger partial charge in [-0.3, -0.25) is 0 Å². The number of hydrogen-bond donors (Lipinski definition) is 0. The fourth-order valence-corrected chi connectivity index (χ4v) is 0.700. The van der Waals surface area contributed by atoms with E-state index in [9.17, 15) is 0 Å². The Labute approximate surface area is 69.0 Å². The first-order valence-electron chi connectivity index (χ1n) is 2.73. The number of nitrogens with zero attached hydrogens (tertiary/aromatic N) is 2. The van der Waals surface area contributed by atoms with Gasteiger partial charge in [-0.05, 0) is 6.42 Å². The minimum atomic E-state index is 0. The Morgan fingerprint density at radius 2 is 1.56 bits per heavy atom. The van der Waals surface area contributed by atoms with Gasteiger partial charge in [0.2, 0.25) is 0 Å². The van der Waals surface area contributed by atoms with Gasteiger partial charge in [0.15, 0.2) is 0 Å². The fraction of sp³-hybridized carbons (Fsp3) is 1.00. The molecule has 1 aliphatic heterocycles. The van der Waals surface area contributed by atoms with Gasteiger partial charge in [-0.2, -0.15) is 0 Å². The van der Waals surface area contributed by atoms with Gasteiger partial charge in [0.1, 0.15) is 0 Å². The Kier molecular flexibility index (Phi) is 7.18. The molecule has 4 heteroatoms. The summed E-state index contributed by atoms with van der Waals surface area (Å²) in [5, 5.41) is 4.45.